The summed E-state index contributed by atoms with van der Waals surface area (Å²) in [6.07, 6.45) is 5.72. The summed E-state index contributed by atoms with van der Waals surface area (Å²) in [5.41, 5.74) is 2.20. The molecule has 0 aromatic carbocycles. The Morgan fingerprint density at radius 3 is 3.00 bits per heavy atom. The summed E-state index contributed by atoms with van der Waals surface area (Å²) in [5, 5.41) is 6.77. The molecule has 11 heavy (non-hydrogen) atoms. The van der Waals surface area contributed by atoms with Gasteiger partial charge in [0, 0.05) is 3.58 Å². The number of aromatic nitrogens is 2. The van der Waals surface area contributed by atoms with E-state index >= 15 is 0 Å². The zero-order valence-corrected chi connectivity index (χ0v) is 8.42. The van der Waals surface area contributed by atoms with Gasteiger partial charge in [-0.2, -0.15) is 5.10 Å². The summed E-state index contributed by atoms with van der Waals surface area (Å²) in [4.78, 5) is 0. The highest BCUT2D eigenvalue weighted by Gasteiger charge is 1.92. The number of aryl methyl sites for hydroxylation is 1. The molecule has 0 bridgehead atoms. The van der Waals surface area contributed by atoms with Crippen molar-refractivity contribution in [3.05, 3.63) is 33.7 Å². The summed E-state index contributed by atoms with van der Waals surface area (Å²) in [6.45, 7) is 5.76. The minimum atomic E-state index is 1.01. The molecule has 1 aromatic heterocycles. The van der Waals surface area contributed by atoms with E-state index in [-0.39, 0.29) is 0 Å². The van der Waals surface area contributed by atoms with Crippen molar-refractivity contribution in [3.8, 4) is 0 Å². The molecule has 3 heteroatoms. The Kier molecular flexibility index (Phi) is 2.87. The molecule has 1 aromatic rings. The number of nitrogens with one attached hydrogen (secondary N) is 1. The van der Waals surface area contributed by atoms with Crippen LogP contribution in [0, 0.1) is 6.92 Å². The number of nitrogens with zero attached hydrogens (tertiary/aromatic N) is 1. The number of hydrogen-bond acceptors (Lipinski definition) is 1. The van der Waals surface area contributed by atoms with Gasteiger partial charge in [-0.3, -0.25) is 5.10 Å². The van der Waals surface area contributed by atoms with E-state index < -0.39 is 0 Å². The zero-order valence-electron chi connectivity index (χ0n) is 6.26. The van der Waals surface area contributed by atoms with Crippen molar-refractivity contribution < 1.29 is 0 Å². The minimum absolute atomic E-state index is 1.01. The highest BCUT2D eigenvalue weighted by atomic mass is 127. The first-order chi connectivity index (χ1) is 5.20. The molecule has 1 N–H and O–H groups in total. The molecule has 0 amide bonds. The summed E-state index contributed by atoms with van der Waals surface area (Å²) >= 11 is 2.16. The van der Waals surface area contributed by atoms with Crippen molar-refractivity contribution in [1.82, 2.24) is 10.2 Å². The number of H-pyrrole nitrogens is 1. The van der Waals surface area contributed by atoms with Crippen LogP contribution in [0.1, 0.15) is 11.3 Å². The first kappa shape index (κ1) is 8.52. The molecule has 58 valence electrons. The Balaban J connectivity index is 2.79. The lowest BCUT2D eigenvalue weighted by Gasteiger charge is -1.87. The molecule has 0 fully saturated rings. The van der Waals surface area contributed by atoms with Crippen molar-refractivity contribution in [2.45, 2.75) is 6.92 Å². The molecule has 0 saturated heterocycles. The van der Waals surface area contributed by atoms with E-state index in [0.29, 0.717) is 0 Å². The predicted octanol–water partition coefficient (Wildman–Crippen LogP) is 2.68. The van der Waals surface area contributed by atoms with Crippen LogP contribution in [0.3, 0.4) is 0 Å². The summed E-state index contributed by atoms with van der Waals surface area (Å²) in [6, 6.07) is 0. The number of allylic oxidation sites excluding steroid dienone is 2. The van der Waals surface area contributed by atoms with Crippen LogP contribution < -0.4 is 0 Å². The van der Waals surface area contributed by atoms with E-state index in [9.17, 15) is 0 Å². The first-order valence-corrected chi connectivity index (χ1v) is 4.30. The Morgan fingerprint density at radius 1 is 1.82 bits per heavy atom. The normalized spacial score (nSPS) is 10.7. The second-order valence-corrected chi connectivity index (χ2v) is 3.63. The van der Waals surface area contributed by atoms with Crippen molar-refractivity contribution in [1.29, 1.82) is 0 Å². The molecule has 0 radical (unpaired) electrons. The number of aromatic amines is 1. The van der Waals surface area contributed by atoms with Gasteiger partial charge in [-0.25, -0.2) is 0 Å². The van der Waals surface area contributed by atoms with Crippen LogP contribution in [-0.2, 0) is 0 Å². The minimum Gasteiger partial charge on any atom is -0.278 e. The average molecular weight is 260 g/mol. The fourth-order valence-corrected chi connectivity index (χ4v) is 0.879. The highest BCUT2D eigenvalue weighted by molar-refractivity contribution is 14.1. The molecule has 1 rings (SSSR count). The standard InChI is InChI=1S/C8H9IN2/c1-6-5-10-11-8(6)4-3-7(2)9/h3-5H,2H2,1H3,(H,10,11)/b4-3-. The van der Waals surface area contributed by atoms with Crippen molar-refractivity contribution in [3.63, 3.8) is 0 Å². The van der Waals surface area contributed by atoms with Gasteiger partial charge in [0.1, 0.15) is 0 Å². The van der Waals surface area contributed by atoms with E-state index in [4.69, 9.17) is 0 Å². The van der Waals surface area contributed by atoms with Crippen LogP contribution in [-0.4, -0.2) is 10.2 Å². The lowest BCUT2D eigenvalue weighted by molar-refractivity contribution is 1.08. The molecule has 0 spiro atoms. The number of hydrogen-bond donors (Lipinski definition) is 1. The SMILES string of the molecule is C=C(I)/C=C\c1[nH]ncc1C. The molecular weight excluding hydrogens is 251 g/mol. The number of halogens is 1. The highest BCUT2D eigenvalue weighted by Crippen LogP contribution is 2.09. The van der Waals surface area contributed by atoms with E-state index in [1.807, 2.05) is 19.1 Å². The van der Waals surface area contributed by atoms with Crippen LogP contribution in [0.5, 0.6) is 0 Å². The lowest BCUT2D eigenvalue weighted by atomic mass is 10.2. The predicted molar refractivity (Wildman–Crippen MR) is 55.5 cm³/mol. The van der Waals surface area contributed by atoms with E-state index in [1.54, 1.807) is 6.20 Å². The maximum absolute atomic E-state index is 3.89. The van der Waals surface area contributed by atoms with E-state index in [2.05, 4.69) is 39.4 Å². The van der Waals surface area contributed by atoms with Crippen LogP contribution in [0.15, 0.2) is 22.4 Å². The molecule has 0 aliphatic rings. The van der Waals surface area contributed by atoms with E-state index in [1.165, 1.54) is 0 Å². The molecule has 0 saturated carbocycles. The summed E-state index contributed by atoms with van der Waals surface area (Å²) in [7, 11) is 0. The quantitative estimate of drug-likeness (QED) is 0.642. The van der Waals surface area contributed by atoms with Gasteiger partial charge in [0.25, 0.3) is 0 Å². The Bertz CT molecular complexity index is 286. The monoisotopic (exact) mass is 260 g/mol. The van der Waals surface area contributed by atoms with Gasteiger partial charge in [0.2, 0.25) is 0 Å². The van der Waals surface area contributed by atoms with Crippen LogP contribution in [0.4, 0.5) is 0 Å². The van der Waals surface area contributed by atoms with Crippen LogP contribution in [0.25, 0.3) is 6.08 Å². The van der Waals surface area contributed by atoms with Gasteiger partial charge in [-0.15, -0.1) is 0 Å². The topological polar surface area (TPSA) is 28.7 Å². The largest absolute Gasteiger partial charge is 0.278 e. The molecule has 0 atom stereocenters. The molecular formula is C8H9IN2. The van der Waals surface area contributed by atoms with E-state index in [0.717, 1.165) is 14.8 Å². The first-order valence-electron chi connectivity index (χ1n) is 3.22. The molecule has 2 nitrogen and oxygen atoms in total. The fourth-order valence-electron chi connectivity index (χ4n) is 0.699. The summed E-state index contributed by atoms with van der Waals surface area (Å²) in [5.74, 6) is 0. The van der Waals surface area contributed by atoms with Gasteiger partial charge in [0.15, 0.2) is 0 Å². The van der Waals surface area contributed by atoms with Crippen molar-refractivity contribution >= 4 is 28.7 Å². The number of rotatable bonds is 2. The van der Waals surface area contributed by atoms with Gasteiger partial charge < -0.3 is 0 Å². The van der Waals surface area contributed by atoms with Gasteiger partial charge in [-0.1, -0.05) is 6.58 Å². The lowest BCUT2D eigenvalue weighted by Crippen LogP contribution is -1.74. The Labute approximate surface area is 79.5 Å². The second-order valence-electron chi connectivity index (χ2n) is 2.25. The summed E-state index contributed by atoms with van der Waals surface area (Å²) < 4.78 is 1.01. The maximum Gasteiger partial charge on any atom is 0.0607 e. The van der Waals surface area contributed by atoms with Crippen molar-refractivity contribution in [2.75, 3.05) is 0 Å². The third-order valence-corrected chi connectivity index (χ3v) is 1.66. The Morgan fingerprint density at radius 2 is 2.55 bits per heavy atom. The molecule has 0 aliphatic heterocycles. The second kappa shape index (κ2) is 3.71. The third-order valence-electron chi connectivity index (χ3n) is 1.30. The zero-order chi connectivity index (χ0) is 8.27. The smallest absolute Gasteiger partial charge is 0.0607 e. The van der Waals surface area contributed by atoms with Crippen LogP contribution >= 0.6 is 22.6 Å². The van der Waals surface area contributed by atoms with Gasteiger partial charge in [-0.05, 0) is 47.2 Å². The van der Waals surface area contributed by atoms with Gasteiger partial charge >= 0.3 is 0 Å². The fraction of sp³-hybridized carbons (Fsp3) is 0.125. The molecule has 1 heterocycles. The van der Waals surface area contributed by atoms with Crippen LogP contribution in [0.2, 0.25) is 0 Å². The Hall–Kier alpha value is -0.580. The molecule has 0 aliphatic carbocycles. The third kappa shape index (κ3) is 2.49. The van der Waals surface area contributed by atoms with Crippen molar-refractivity contribution in [2.24, 2.45) is 0 Å². The average Bonchev–Trinajstić information content (AvgIpc) is 2.31. The maximum atomic E-state index is 3.89. The van der Waals surface area contributed by atoms with Gasteiger partial charge in [0.05, 0.1) is 11.9 Å². The molecule has 0 unspecified atom stereocenters.